The van der Waals surface area contributed by atoms with E-state index < -0.39 is 0 Å². The number of halogens is 4. The van der Waals surface area contributed by atoms with E-state index in [0.29, 0.717) is 20.6 Å². The molecule has 1 unspecified atom stereocenters. The molecule has 1 N–H and O–H groups in total. The van der Waals surface area contributed by atoms with Crippen LogP contribution in [0, 0.1) is 5.82 Å². The van der Waals surface area contributed by atoms with Crippen molar-refractivity contribution in [3.63, 3.8) is 0 Å². The van der Waals surface area contributed by atoms with E-state index in [-0.39, 0.29) is 24.1 Å². The Hall–Kier alpha value is -2.07. The lowest BCUT2D eigenvalue weighted by molar-refractivity contribution is 0.0976. The molecule has 6 heteroatoms. The van der Waals surface area contributed by atoms with E-state index in [1.54, 1.807) is 24.3 Å². The maximum Gasteiger partial charge on any atom is 0.165 e. The summed E-state index contributed by atoms with van der Waals surface area (Å²) in [6.07, 6.45) is 0.159. The molecule has 0 bridgehead atoms. The van der Waals surface area contributed by atoms with Crippen LogP contribution in [0.15, 0.2) is 66.7 Å². The molecule has 27 heavy (non-hydrogen) atoms. The van der Waals surface area contributed by atoms with Crippen LogP contribution in [0.2, 0.25) is 15.1 Å². The van der Waals surface area contributed by atoms with Gasteiger partial charge in [0.25, 0.3) is 0 Å². The smallest absolute Gasteiger partial charge is 0.165 e. The summed E-state index contributed by atoms with van der Waals surface area (Å²) >= 11 is 18.1. The molecule has 0 aliphatic rings. The van der Waals surface area contributed by atoms with Crippen molar-refractivity contribution in [3.8, 4) is 0 Å². The Kier molecular flexibility index (Phi) is 6.38. The molecule has 0 spiro atoms. The average molecular weight is 423 g/mol. The molecular formula is C21H15Cl3FNO. The van der Waals surface area contributed by atoms with Crippen LogP contribution in [-0.2, 0) is 0 Å². The minimum atomic E-state index is -0.383. The molecule has 0 saturated carbocycles. The van der Waals surface area contributed by atoms with Crippen molar-refractivity contribution in [2.24, 2.45) is 0 Å². The van der Waals surface area contributed by atoms with E-state index in [4.69, 9.17) is 34.8 Å². The zero-order valence-corrected chi connectivity index (χ0v) is 16.3. The van der Waals surface area contributed by atoms with Crippen molar-refractivity contribution in [2.75, 3.05) is 5.32 Å². The molecule has 2 nitrogen and oxygen atoms in total. The Morgan fingerprint density at radius 3 is 2.19 bits per heavy atom. The summed E-state index contributed by atoms with van der Waals surface area (Å²) in [5.74, 6) is -0.501. The molecule has 0 saturated heterocycles. The summed E-state index contributed by atoms with van der Waals surface area (Å²) in [6, 6.07) is 17.6. The van der Waals surface area contributed by atoms with Crippen LogP contribution in [0.25, 0.3) is 0 Å². The summed E-state index contributed by atoms with van der Waals surface area (Å²) in [5.41, 5.74) is 2.07. The van der Waals surface area contributed by atoms with Crippen LogP contribution in [0.1, 0.15) is 28.4 Å². The lowest BCUT2D eigenvalue weighted by Gasteiger charge is -2.21. The van der Waals surface area contributed by atoms with Crippen molar-refractivity contribution < 1.29 is 9.18 Å². The highest BCUT2D eigenvalue weighted by atomic mass is 35.5. The van der Waals surface area contributed by atoms with E-state index in [1.807, 2.05) is 18.2 Å². The quantitative estimate of drug-likeness (QED) is 0.425. The van der Waals surface area contributed by atoms with Crippen LogP contribution < -0.4 is 5.32 Å². The van der Waals surface area contributed by atoms with E-state index in [1.165, 1.54) is 24.3 Å². The van der Waals surface area contributed by atoms with Gasteiger partial charge in [0.2, 0.25) is 0 Å². The van der Waals surface area contributed by atoms with Crippen molar-refractivity contribution >= 4 is 46.3 Å². The molecule has 3 rings (SSSR count). The Balaban J connectivity index is 1.88. The van der Waals surface area contributed by atoms with Crippen LogP contribution in [0.5, 0.6) is 0 Å². The summed E-state index contributed by atoms with van der Waals surface area (Å²) in [7, 11) is 0. The van der Waals surface area contributed by atoms with Gasteiger partial charge in [-0.15, -0.1) is 0 Å². The van der Waals surface area contributed by atoms with Crippen molar-refractivity contribution in [1.82, 2.24) is 0 Å². The topological polar surface area (TPSA) is 29.1 Å². The number of rotatable bonds is 6. The van der Waals surface area contributed by atoms with Crippen LogP contribution in [-0.4, -0.2) is 5.78 Å². The van der Waals surface area contributed by atoms with Crippen molar-refractivity contribution in [1.29, 1.82) is 0 Å². The second-order valence-corrected chi connectivity index (χ2v) is 7.26. The molecular weight excluding hydrogens is 408 g/mol. The van der Waals surface area contributed by atoms with Gasteiger partial charge in [-0.1, -0.05) is 40.9 Å². The Bertz CT molecular complexity index is 943. The number of nitrogens with one attached hydrogen (secondary N) is 1. The molecule has 3 aromatic rings. The Morgan fingerprint density at radius 1 is 0.889 bits per heavy atom. The number of hydrogen-bond donors (Lipinski definition) is 1. The van der Waals surface area contributed by atoms with Crippen molar-refractivity contribution in [3.05, 3.63) is 98.7 Å². The molecule has 0 fully saturated rings. The summed E-state index contributed by atoms with van der Waals surface area (Å²) < 4.78 is 13.1. The van der Waals surface area contributed by atoms with Gasteiger partial charge in [-0.3, -0.25) is 4.79 Å². The maximum atomic E-state index is 13.1. The summed E-state index contributed by atoms with van der Waals surface area (Å²) in [6.45, 7) is 0. The monoisotopic (exact) mass is 421 g/mol. The Morgan fingerprint density at radius 2 is 1.56 bits per heavy atom. The van der Waals surface area contributed by atoms with Gasteiger partial charge in [-0.2, -0.15) is 0 Å². The van der Waals surface area contributed by atoms with E-state index >= 15 is 0 Å². The Labute approximate surface area is 171 Å². The van der Waals surface area contributed by atoms with Gasteiger partial charge in [0, 0.05) is 22.7 Å². The lowest BCUT2D eigenvalue weighted by Crippen LogP contribution is -2.16. The minimum absolute atomic E-state index is 0.118. The third-order valence-corrected chi connectivity index (χ3v) is 5.08. The second-order valence-electron chi connectivity index (χ2n) is 6.01. The second kappa shape index (κ2) is 8.75. The molecule has 0 radical (unpaired) electrons. The van der Waals surface area contributed by atoms with Gasteiger partial charge in [0.15, 0.2) is 5.78 Å². The fraction of sp³-hybridized carbons (Fsp3) is 0.0952. The number of benzene rings is 3. The van der Waals surface area contributed by atoms with Gasteiger partial charge in [-0.05, 0) is 66.2 Å². The molecule has 3 aromatic carbocycles. The number of Topliss-reactive ketones (excluding diaryl/α,β-unsaturated/α-hetero) is 1. The van der Waals surface area contributed by atoms with Gasteiger partial charge in [0.1, 0.15) is 5.82 Å². The maximum absolute atomic E-state index is 13.1. The summed E-state index contributed by atoms with van der Waals surface area (Å²) in [4.78, 5) is 12.7. The number of carbonyl (C=O) groups excluding carboxylic acids is 1. The van der Waals surface area contributed by atoms with Crippen LogP contribution in [0.4, 0.5) is 10.1 Å². The summed E-state index contributed by atoms with van der Waals surface area (Å²) in [5, 5.41) is 4.79. The highest BCUT2D eigenvalue weighted by Gasteiger charge is 2.18. The molecule has 138 valence electrons. The van der Waals surface area contributed by atoms with Gasteiger partial charge < -0.3 is 5.32 Å². The third-order valence-electron chi connectivity index (χ3n) is 4.09. The van der Waals surface area contributed by atoms with E-state index in [2.05, 4.69) is 5.32 Å². The molecule has 0 heterocycles. The van der Waals surface area contributed by atoms with Crippen LogP contribution in [0.3, 0.4) is 0 Å². The largest absolute Gasteiger partial charge is 0.378 e. The molecule has 1 atom stereocenters. The first-order valence-corrected chi connectivity index (χ1v) is 9.31. The fourth-order valence-electron chi connectivity index (χ4n) is 2.67. The van der Waals surface area contributed by atoms with Gasteiger partial charge in [-0.25, -0.2) is 4.39 Å². The first kappa shape index (κ1) is 19.7. The lowest BCUT2D eigenvalue weighted by atomic mass is 9.97. The number of carbonyl (C=O) groups is 1. The number of anilines is 1. The zero-order chi connectivity index (χ0) is 19.4. The SMILES string of the molecule is O=C(CC(Nc1ccc(Cl)cc1)c1ccc(Cl)c(Cl)c1)c1ccc(F)cc1. The van der Waals surface area contributed by atoms with E-state index in [0.717, 1.165) is 11.3 Å². The van der Waals surface area contributed by atoms with E-state index in [9.17, 15) is 9.18 Å². The highest BCUT2D eigenvalue weighted by molar-refractivity contribution is 6.42. The predicted molar refractivity (Wildman–Crippen MR) is 110 cm³/mol. The average Bonchev–Trinajstić information content (AvgIpc) is 2.65. The van der Waals surface area contributed by atoms with Gasteiger partial charge >= 0.3 is 0 Å². The normalized spacial score (nSPS) is 11.9. The first-order valence-electron chi connectivity index (χ1n) is 8.18. The van der Waals surface area contributed by atoms with Crippen molar-refractivity contribution in [2.45, 2.75) is 12.5 Å². The molecule has 0 aliphatic heterocycles. The molecule has 0 aromatic heterocycles. The molecule has 0 aliphatic carbocycles. The minimum Gasteiger partial charge on any atom is -0.378 e. The number of hydrogen-bond acceptors (Lipinski definition) is 2. The number of ketones is 1. The zero-order valence-electron chi connectivity index (χ0n) is 14.1. The standard InChI is InChI=1S/C21H15Cl3FNO/c22-15-4-8-17(9-5-15)26-20(14-3-10-18(23)19(24)11-14)12-21(27)13-1-6-16(25)7-2-13/h1-11,20,26H,12H2. The molecule has 0 amide bonds. The predicted octanol–water partition coefficient (Wildman–Crippen LogP) is 7.21. The fourth-order valence-corrected chi connectivity index (χ4v) is 3.10. The van der Waals surface area contributed by atoms with Crippen LogP contribution >= 0.6 is 34.8 Å². The first-order chi connectivity index (χ1) is 12.9. The van der Waals surface area contributed by atoms with Gasteiger partial charge in [0.05, 0.1) is 16.1 Å². The highest BCUT2D eigenvalue weighted by Crippen LogP contribution is 2.30. The third kappa shape index (κ3) is 5.23.